The molecular formula is C16H24FNO. The van der Waals surface area contributed by atoms with Gasteiger partial charge in [0.25, 0.3) is 0 Å². The lowest BCUT2D eigenvalue weighted by atomic mass is 9.94. The van der Waals surface area contributed by atoms with Crippen molar-refractivity contribution < 1.29 is 9.13 Å². The Morgan fingerprint density at radius 1 is 1.32 bits per heavy atom. The van der Waals surface area contributed by atoms with Gasteiger partial charge >= 0.3 is 0 Å². The van der Waals surface area contributed by atoms with E-state index in [1.165, 1.54) is 0 Å². The summed E-state index contributed by atoms with van der Waals surface area (Å²) in [5.41, 5.74) is 1.62. The van der Waals surface area contributed by atoms with Crippen molar-refractivity contribution in [1.82, 2.24) is 5.32 Å². The molecule has 1 N–H and O–H groups in total. The standard InChI is InChI=1S/C16H24FNO/c1-4-12(5-2)15-9-18-10-16(19-15)13-7-6-11(3)14(17)8-13/h6-8,12,15-16,18H,4-5,9-10H2,1-3H3. The number of morpholine rings is 1. The van der Waals surface area contributed by atoms with Crippen LogP contribution in [0, 0.1) is 18.7 Å². The topological polar surface area (TPSA) is 21.3 Å². The minimum absolute atomic E-state index is 0.0329. The maximum Gasteiger partial charge on any atom is 0.126 e. The van der Waals surface area contributed by atoms with Crippen LogP contribution in [0.4, 0.5) is 4.39 Å². The van der Waals surface area contributed by atoms with E-state index in [1.807, 2.05) is 12.1 Å². The van der Waals surface area contributed by atoms with Gasteiger partial charge in [-0.25, -0.2) is 4.39 Å². The van der Waals surface area contributed by atoms with Gasteiger partial charge in [-0.1, -0.05) is 38.8 Å². The number of rotatable bonds is 4. The molecule has 0 bridgehead atoms. The summed E-state index contributed by atoms with van der Waals surface area (Å²) in [6, 6.07) is 5.41. The van der Waals surface area contributed by atoms with Crippen LogP contribution in [0.5, 0.6) is 0 Å². The number of ether oxygens (including phenoxy) is 1. The van der Waals surface area contributed by atoms with E-state index in [0.29, 0.717) is 11.5 Å². The van der Waals surface area contributed by atoms with Gasteiger partial charge < -0.3 is 10.1 Å². The van der Waals surface area contributed by atoms with Gasteiger partial charge in [-0.3, -0.25) is 0 Å². The highest BCUT2D eigenvalue weighted by Gasteiger charge is 2.28. The van der Waals surface area contributed by atoms with E-state index >= 15 is 0 Å². The summed E-state index contributed by atoms with van der Waals surface area (Å²) in [5, 5.41) is 3.42. The Balaban J connectivity index is 2.10. The van der Waals surface area contributed by atoms with E-state index in [0.717, 1.165) is 31.5 Å². The van der Waals surface area contributed by atoms with Crippen molar-refractivity contribution in [3.05, 3.63) is 35.1 Å². The minimum Gasteiger partial charge on any atom is -0.367 e. The van der Waals surface area contributed by atoms with Crippen molar-refractivity contribution in [2.45, 2.75) is 45.8 Å². The monoisotopic (exact) mass is 265 g/mol. The molecule has 2 nitrogen and oxygen atoms in total. The van der Waals surface area contributed by atoms with Crippen molar-refractivity contribution >= 4 is 0 Å². The molecule has 1 heterocycles. The number of benzene rings is 1. The number of halogens is 1. The van der Waals surface area contributed by atoms with E-state index in [4.69, 9.17) is 4.74 Å². The summed E-state index contributed by atoms with van der Waals surface area (Å²) in [6.45, 7) is 7.85. The van der Waals surface area contributed by atoms with Crippen molar-refractivity contribution in [3.63, 3.8) is 0 Å². The Morgan fingerprint density at radius 2 is 2.05 bits per heavy atom. The third kappa shape index (κ3) is 3.34. The lowest BCUT2D eigenvalue weighted by Crippen LogP contribution is -2.44. The Hall–Kier alpha value is -0.930. The second kappa shape index (κ2) is 6.49. The first-order valence-corrected chi connectivity index (χ1v) is 7.27. The van der Waals surface area contributed by atoms with E-state index in [2.05, 4.69) is 19.2 Å². The van der Waals surface area contributed by atoms with Crippen LogP contribution in [0.1, 0.15) is 43.9 Å². The number of aryl methyl sites for hydroxylation is 1. The number of hydrogen-bond acceptors (Lipinski definition) is 2. The van der Waals surface area contributed by atoms with Gasteiger partial charge in [0.2, 0.25) is 0 Å². The molecule has 0 amide bonds. The lowest BCUT2D eigenvalue weighted by Gasteiger charge is -2.35. The molecule has 2 unspecified atom stereocenters. The van der Waals surface area contributed by atoms with Crippen LogP contribution in [0.2, 0.25) is 0 Å². The van der Waals surface area contributed by atoms with Crippen molar-refractivity contribution in [2.75, 3.05) is 13.1 Å². The maximum absolute atomic E-state index is 13.6. The first-order valence-electron chi connectivity index (χ1n) is 7.27. The van der Waals surface area contributed by atoms with Gasteiger partial charge in [-0.15, -0.1) is 0 Å². The molecule has 3 heteroatoms. The Bertz CT molecular complexity index is 417. The van der Waals surface area contributed by atoms with Gasteiger partial charge in [0, 0.05) is 13.1 Å². The summed E-state index contributed by atoms with van der Waals surface area (Å²) in [7, 11) is 0. The molecule has 1 aromatic rings. The zero-order chi connectivity index (χ0) is 13.8. The van der Waals surface area contributed by atoms with E-state index in [9.17, 15) is 4.39 Å². The number of nitrogens with one attached hydrogen (secondary N) is 1. The van der Waals surface area contributed by atoms with E-state index < -0.39 is 0 Å². The summed E-state index contributed by atoms with van der Waals surface area (Å²) >= 11 is 0. The Labute approximate surface area is 115 Å². The van der Waals surface area contributed by atoms with E-state index in [1.54, 1.807) is 13.0 Å². The first-order chi connectivity index (χ1) is 9.15. The third-order valence-electron chi connectivity index (χ3n) is 4.16. The van der Waals surface area contributed by atoms with Crippen LogP contribution in [-0.2, 0) is 4.74 Å². The third-order valence-corrected chi connectivity index (χ3v) is 4.16. The fourth-order valence-corrected chi connectivity index (χ4v) is 2.76. The SMILES string of the molecule is CCC(CC)C1CNCC(c2ccc(C)c(F)c2)O1. The Kier molecular flexibility index (Phi) is 4.94. The maximum atomic E-state index is 13.6. The van der Waals surface area contributed by atoms with Gasteiger partial charge in [-0.05, 0) is 30.0 Å². The largest absolute Gasteiger partial charge is 0.367 e. The second-order valence-corrected chi connectivity index (χ2v) is 5.41. The molecular weight excluding hydrogens is 241 g/mol. The molecule has 0 saturated carbocycles. The molecule has 0 spiro atoms. The normalized spacial score (nSPS) is 23.8. The average molecular weight is 265 g/mol. The number of hydrogen-bond donors (Lipinski definition) is 1. The zero-order valence-electron chi connectivity index (χ0n) is 12.1. The molecule has 1 fully saturated rings. The summed E-state index contributed by atoms with van der Waals surface area (Å²) < 4.78 is 19.8. The van der Waals surface area contributed by atoms with Gasteiger partial charge in [0.15, 0.2) is 0 Å². The molecule has 2 atom stereocenters. The van der Waals surface area contributed by atoms with Gasteiger partial charge in [0.05, 0.1) is 12.2 Å². The molecule has 0 aliphatic carbocycles. The predicted molar refractivity (Wildman–Crippen MR) is 75.7 cm³/mol. The van der Waals surface area contributed by atoms with Crippen molar-refractivity contribution in [3.8, 4) is 0 Å². The molecule has 1 aliphatic rings. The van der Waals surface area contributed by atoms with Crippen LogP contribution in [0.15, 0.2) is 18.2 Å². The molecule has 1 aliphatic heterocycles. The van der Waals surface area contributed by atoms with Crippen molar-refractivity contribution in [1.29, 1.82) is 0 Å². The lowest BCUT2D eigenvalue weighted by molar-refractivity contribution is -0.0689. The average Bonchev–Trinajstić information content (AvgIpc) is 2.44. The summed E-state index contributed by atoms with van der Waals surface area (Å²) in [5.74, 6) is 0.427. The van der Waals surface area contributed by atoms with Crippen LogP contribution in [0.3, 0.4) is 0 Å². The fraction of sp³-hybridized carbons (Fsp3) is 0.625. The molecule has 0 radical (unpaired) electrons. The highest BCUT2D eigenvalue weighted by Crippen LogP contribution is 2.27. The van der Waals surface area contributed by atoms with Gasteiger partial charge in [-0.2, -0.15) is 0 Å². The second-order valence-electron chi connectivity index (χ2n) is 5.41. The molecule has 0 aromatic heterocycles. The van der Waals surface area contributed by atoms with Crippen LogP contribution < -0.4 is 5.32 Å². The molecule has 2 rings (SSSR count). The quantitative estimate of drug-likeness (QED) is 0.898. The molecule has 106 valence electrons. The molecule has 1 aromatic carbocycles. The van der Waals surface area contributed by atoms with Crippen molar-refractivity contribution in [2.24, 2.45) is 5.92 Å². The fourth-order valence-electron chi connectivity index (χ4n) is 2.76. The van der Waals surface area contributed by atoms with Crippen LogP contribution in [0.25, 0.3) is 0 Å². The summed E-state index contributed by atoms with van der Waals surface area (Å²) in [6.07, 6.45) is 2.45. The van der Waals surface area contributed by atoms with E-state index in [-0.39, 0.29) is 18.0 Å². The predicted octanol–water partition coefficient (Wildman–Crippen LogP) is 3.60. The zero-order valence-corrected chi connectivity index (χ0v) is 12.1. The van der Waals surface area contributed by atoms with Gasteiger partial charge in [0.1, 0.15) is 5.82 Å². The highest BCUT2D eigenvalue weighted by molar-refractivity contribution is 5.25. The van der Waals surface area contributed by atoms with Crippen LogP contribution in [-0.4, -0.2) is 19.2 Å². The molecule has 1 saturated heterocycles. The Morgan fingerprint density at radius 3 is 2.68 bits per heavy atom. The van der Waals surface area contributed by atoms with Crippen LogP contribution >= 0.6 is 0 Å². The molecule has 19 heavy (non-hydrogen) atoms. The highest BCUT2D eigenvalue weighted by atomic mass is 19.1. The first kappa shape index (κ1) is 14.5. The summed E-state index contributed by atoms with van der Waals surface area (Å²) in [4.78, 5) is 0. The smallest absolute Gasteiger partial charge is 0.126 e. The minimum atomic E-state index is -0.147.